The van der Waals surface area contributed by atoms with Crippen molar-refractivity contribution in [2.24, 2.45) is 23.0 Å². The van der Waals surface area contributed by atoms with Crippen LogP contribution in [0.25, 0.3) is 0 Å². The van der Waals surface area contributed by atoms with Gasteiger partial charge in [0.15, 0.2) is 0 Å². The van der Waals surface area contributed by atoms with Crippen LogP contribution >= 0.6 is 0 Å². The van der Waals surface area contributed by atoms with Crippen molar-refractivity contribution in [3.63, 3.8) is 0 Å². The summed E-state index contributed by atoms with van der Waals surface area (Å²) in [5, 5.41) is 4.04. The average Bonchev–Trinajstić information content (AvgIpc) is 3.16. The van der Waals surface area contributed by atoms with E-state index in [4.69, 9.17) is 10.5 Å². The smallest absolute Gasteiger partial charge is 0.119 e. The SMILES string of the molecule is COc1ccc2c(c1)CC[C@@H]1[C@@H]2CC[C@]2(C)C(NCCCCCCCCCCN)CC[C@@H]12. The molecule has 0 aliphatic heterocycles. The molecule has 3 aliphatic carbocycles. The molecule has 0 heterocycles. The summed E-state index contributed by atoms with van der Waals surface area (Å²) in [4.78, 5) is 0. The van der Waals surface area contributed by atoms with Gasteiger partial charge in [-0.25, -0.2) is 0 Å². The Labute approximate surface area is 197 Å². The molecule has 180 valence electrons. The Bertz CT molecular complexity index is 719. The van der Waals surface area contributed by atoms with Crippen molar-refractivity contribution in [1.82, 2.24) is 5.32 Å². The molecule has 5 atom stereocenters. The standard InChI is InChI=1S/C29H48N2O/c1-29-18-17-25-24-14-12-23(32-2)21-22(24)11-13-26(25)27(29)15-16-28(29)31-20-10-8-6-4-3-5-7-9-19-30/h12,14,21,25-28,31H,3-11,13,15-20,30H2,1-2H3/t25-,26-,27+,28?,29+/m1/s1. The van der Waals surface area contributed by atoms with Crippen LogP contribution in [-0.4, -0.2) is 26.2 Å². The molecule has 32 heavy (non-hydrogen) atoms. The van der Waals surface area contributed by atoms with Gasteiger partial charge in [-0.3, -0.25) is 0 Å². The number of rotatable bonds is 12. The van der Waals surface area contributed by atoms with Crippen molar-refractivity contribution in [3.05, 3.63) is 29.3 Å². The zero-order chi connectivity index (χ0) is 22.4. The fraction of sp³-hybridized carbons (Fsp3) is 0.793. The van der Waals surface area contributed by atoms with Gasteiger partial charge >= 0.3 is 0 Å². The lowest BCUT2D eigenvalue weighted by atomic mass is 9.55. The van der Waals surface area contributed by atoms with Crippen LogP contribution in [-0.2, 0) is 6.42 Å². The van der Waals surface area contributed by atoms with E-state index in [1.165, 1.54) is 96.4 Å². The molecule has 3 nitrogen and oxygen atoms in total. The second-order valence-electron chi connectivity index (χ2n) is 11.2. The van der Waals surface area contributed by atoms with E-state index in [-0.39, 0.29) is 0 Å². The first-order valence-electron chi connectivity index (χ1n) is 13.8. The fourth-order valence-corrected chi connectivity index (χ4v) is 7.63. The average molecular weight is 441 g/mol. The minimum absolute atomic E-state index is 0.508. The van der Waals surface area contributed by atoms with Crippen LogP contribution in [0.2, 0.25) is 0 Å². The molecule has 1 unspecified atom stereocenters. The normalized spacial score (nSPS) is 31.1. The lowest BCUT2D eigenvalue weighted by Crippen LogP contribution is -2.48. The molecule has 2 saturated carbocycles. The fourth-order valence-electron chi connectivity index (χ4n) is 7.63. The minimum Gasteiger partial charge on any atom is -0.497 e. The number of nitrogens with two attached hydrogens (primary N) is 1. The maximum atomic E-state index is 5.58. The minimum atomic E-state index is 0.508. The van der Waals surface area contributed by atoms with Gasteiger partial charge in [0.05, 0.1) is 7.11 Å². The molecule has 0 spiro atoms. The molecular formula is C29H48N2O. The Morgan fingerprint density at radius 3 is 2.47 bits per heavy atom. The molecule has 3 heteroatoms. The van der Waals surface area contributed by atoms with Gasteiger partial charge in [-0.05, 0) is 111 Å². The Balaban J connectivity index is 1.23. The highest BCUT2D eigenvalue weighted by atomic mass is 16.5. The molecule has 4 rings (SSSR count). The molecule has 1 aromatic rings. The molecule has 0 saturated heterocycles. The summed E-state index contributed by atoms with van der Waals surface area (Å²) in [5.74, 6) is 3.61. The quantitative estimate of drug-likeness (QED) is 0.360. The summed E-state index contributed by atoms with van der Waals surface area (Å²) in [6.07, 6.45) is 19.1. The zero-order valence-corrected chi connectivity index (χ0v) is 20.8. The predicted octanol–water partition coefficient (Wildman–Crippen LogP) is 6.59. The topological polar surface area (TPSA) is 47.3 Å². The van der Waals surface area contributed by atoms with Crippen LogP contribution in [0.3, 0.4) is 0 Å². The summed E-state index contributed by atoms with van der Waals surface area (Å²) in [6, 6.07) is 7.62. The third kappa shape index (κ3) is 5.20. The highest BCUT2D eigenvalue weighted by molar-refractivity contribution is 5.40. The molecule has 2 fully saturated rings. The summed E-state index contributed by atoms with van der Waals surface area (Å²) in [7, 11) is 1.79. The van der Waals surface area contributed by atoms with Crippen LogP contribution in [0.1, 0.15) is 107 Å². The van der Waals surface area contributed by atoms with Crippen LogP contribution in [0, 0.1) is 17.3 Å². The predicted molar refractivity (Wildman–Crippen MR) is 135 cm³/mol. The highest BCUT2D eigenvalue weighted by Crippen LogP contribution is 2.60. The van der Waals surface area contributed by atoms with Gasteiger partial charge in [-0.15, -0.1) is 0 Å². The molecule has 0 radical (unpaired) electrons. The van der Waals surface area contributed by atoms with Crippen molar-refractivity contribution in [1.29, 1.82) is 0 Å². The van der Waals surface area contributed by atoms with E-state index in [0.29, 0.717) is 5.41 Å². The van der Waals surface area contributed by atoms with Gasteiger partial charge in [0.2, 0.25) is 0 Å². The molecule has 3 N–H and O–H groups in total. The first-order valence-corrected chi connectivity index (χ1v) is 13.8. The second-order valence-corrected chi connectivity index (χ2v) is 11.2. The molecule has 0 aromatic heterocycles. The summed E-state index contributed by atoms with van der Waals surface area (Å²) in [6.45, 7) is 4.71. The van der Waals surface area contributed by atoms with Gasteiger partial charge in [-0.1, -0.05) is 51.5 Å². The Kier molecular flexibility index (Phi) is 8.56. The van der Waals surface area contributed by atoms with Gasteiger partial charge in [0.1, 0.15) is 5.75 Å². The van der Waals surface area contributed by atoms with Crippen molar-refractivity contribution >= 4 is 0 Å². The Hall–Kier alpha value is -1.06. The number of methoxy groups -OCH3 is 1. The first-order chi connectivity index (χ1) is 15.7. The van der Waals surface area contributed by atoms with Gasteiger partial charge in [-0.2, -0.15) is 0 Å². The van der Waals surface area contributed by atoms with Crippen molar-refractivity contribution in [3.8, 4) is 5.75 Å². The van der Waals surface area contributed by atoms with E-state index in [0.717, 1.165) is 36.1 Å². The van der Waals surface area contributed by atoms with Crippen LogP contribution in [0.4, 0.5) is 0 Å². The number of hydrogen-bond donors (Lipinski definition) is 2. The summed E-state index contributed by atoms with van der Waals surface area (Å²) >= 11 is 0. The first kappa shape index (κ1) is 24.1. The van der Waals surface area contributed by atoms with E-state index >= 15 is 0 Å². The lowest BCUT2D eigenvalue weighted by molar-refractivity contribution is 0.0412. The van der Waals surface area contributed by atoms with E-state index < -0.39 is 0 Å². The molecule has 1 aromatic carbocycles. The number of hydrogen-bond acceptors (Lipinski definition) is 3. The van der Waals surface area contributed by atoms with Crippen LogP contribution in [0.5, 0.6) is 5.75 Å². The number of aryl methyl sites for hydroxylation is 1. The second kappa shape index (κ2) is 11.4. The third-order valence-corrected chi connectivity index (χ3v) is 9.46. The van der Waals surface area contributed by atoms with Crippen molar-refractivity contribution in [2.45, 2.75) is 109 Å². The van der Waals surface area contributed by atoms with Crippen molar-refractivity contribution < 1.29 is 4.74 Å². The van der Waals surface area contributed by atoms with E-state index in [9.17, 15) is 0 Å². The number of ether oxygens (including phenoxy) is 1. The molecular weight excluding hydrogens is 392 g/mol. The number of benzene rings is 1. The number of fused-ring (bicyclic) bond motifs is 5. The van der Waals surface area contributed by atoms with Crippen LogP contribution in [0.15, 0.2) is 18.2 Å². The maximum Gasteiger partial charge on any atom is 0.119 e. The van der Waals surface area contributed by atoms with E-state index in [1.54, 1.807) is 18.2 Å². The van der Waals surface area contributed by atoms with Gasteiger partial charge < -0.3 is 15.8 Å². The van der Waals surface area contributed by atoms with Crippen LogP contribution < -0.4 is 15.8 Å². The van der Waals surface area contributed by atoms with E-state index in [1.807, 2.05) is 0 Å². The Morgan fingerprint density at radius 2 is 1.72 bits per heavy atom. The largest absolute Gasteiger partial charge is 0.497 e. The van der Waals surface area contributed by atoms with Crippen molar-refractivity contribution in [2.75, 3.05) is 20.2 Å². The monoisotopic (exact) mass is 440 g/mol. The number of nitrogens with one attached hydrogen (secondary N) is 1. The third-order valence-electron chi connectivity index (χ3n) is 9.46. The van der Waals surface area contributed by atoms with E-state index in [2.05, 4.69) is 30.4 Å². The molecule has 3 aliphatic rings. The summed E-state index contributed by atoms with van der Waals surface area (Å²) < 4.78 is 5.49. The molecule has 0 amide bonds. The highest BCUT2D eigenvalue weighted by Gasteiger charge is 2.54. The lowest BCUT2D eigenvalue weighted by Gasteiger charge is -2.51. The maximum absolute atomic E-state index is 5.58. The summed E-state index contributed by atoms with van der Waals surface area (Å²) in [5.41, 5.74) is 9.28. The molecule has 0 bridgehead atoms. The van der Waals surface area contributed by atoms with Gasteiger partial charge in [0, 0.05) is 6.04 Å². The van der Waals surface area contributed by atoms with Gasteiger partial charge in [0.25, 0.3) is 0 Å². The number of unbranched alkanes of at least 4 members (excludes halogenated alkanes) is 7. The zero-order valence-electron chi connectivity index (χ0n) is 20.8. The Morgan fingerprint density at radius 1 is 0.969 bits per heavy atom.